The fourth-order valence-corrected chi connectivity index (χ4v) is 2.11. The van der Waals surface area contributed by atoms with Gasteiger partial charge < -0.3 is 10.4 Å². The molecule has 2 aromatic rings. The summed E-state index contributed by atoms with van der Waals surface area (Å²) in [5.41, 5.74) is 1.57. The zero-order valence-corrected chi connectivity index (χ0v) is 12.2. The van der Waals surface area contributed by atoms with Crippen LogP contribution in [0.2, 0.25) is 0 Å². The molecule has 2 N–H and O–H groups in total. The molecule has 0 aliphatic carbocycles. The molecule has 2 rings (SSSR count). The van der Waals surface area contributed by atoms with Crippen LogP contribution in [0.5, 0.6) is 0 Å². The molecule has 0 amide bonds. The van der Waals surface area contributed by atoms with E-state index in [1.807, 2.05) is 61.3 Å². The van der Waals surface area contributed by atoms with E-state index in [1.165, 1.54) is 0 Å². The summed E-state index contributed by atoms with van der Waals surface area (Å²) in [6.45, 7) is 5.35. The van der Waals surface area contributed by atoms with Gasteiger partial charge in [0.1, 0.15) is 0 Å². The van der Waals surface area contributed by atoms with Crippen LogP contribution in [0, 0.1) is 0 Å². The smallest absolute Gasteiger partial charge is 0.0766 e. The molecule has 0 radical (unpaired) electrons. The maximum absolute atomic E-state index is 10.2. The van der Waals surface area contributed by atoms with E-state index >= 15 is 0 Å². The number of hydrogen-bond donors (Lipinski definition) is 2. The van der Waals surface area contributed by atoms with Crippen LogP contribution in [-0.4, -0.2) is 27.0 Å². The van der Waals surface area contributed by atoms with Crippen molar-refractivity contribution in [2.45, 2.75) is 38.8 Å². The maximum Gasteiger partial charge on any atom is 0.0766 e. The van der Waals surface area contributed by atoms with Crippen molar-refractivity contribution >= 4 is 0 Å². The number of aromatic nitrogens is 2. The number of nitrogens with one attached hydrogen (secondary N) is 1. The van der Waals surface area contributed by atoms with Crippen LogP contribution in [-0.2, 0) is 6.54 Å². The first-order chi connectivity index (χ1) is 9.67. The summed E-state index contributed by atoms with van der Waals surface area (Å²) in [4.78, 5) is 0. The zero-order valence-electron chi connectivity index (χ0n) is 12.2. The lowest BCUT2D eigenvalue weighted by Gasteiger charge is -2.25. The lowest BCUT2D eigenvalue weighted by atomic mass is 9.97. The van der Waals surface area contributed by atoms with E-state index < -0.39 is 5.60 Å². The molecular weight excluding hydrogens is 250 g/mol. The Morgan fingerprint density at radius 1 is 1.20 bits per heavy atom. The molecule has 4 heteroatoms. The summed E-state index contributed by atoms with van der Waals surface area (Å²) in [5.74, 6) is 0. The highest BCUT2D eigenvalue weighted by Gasteiger charge is 2.21. The number of para-hydroxylation sites is 1. The van der Waals surface area contributed by atoms with Crippen molar-refractivity contribution in [2.24, 2.45) is 0 Å². The standard InChI is InChI=1S/C16H23N3O/c1-3-16(20,4-2)13-17-10-14-11-18-19(12-14)15-8-6-5-7-9-15/h5-9,11-12,17,20H,3-4,10,13H2,1-2H3. The van der Waals surface area contributed by atoms with Crippen molar-refractivity contribution < 1.29 is 5.11 Å². The first-order valence-corrected chi connectivity index (χ1v) is 7.19. The van der Waals surface area contributed by atoms with Gasteiger partial charge in [0.05, 0.1) is 17.5 Å². The van der Waals surface area contributed by atoms with Gasteiger partial charge in [0, 0.05) is 24.8 Å². The number of aliphatic hydroxyl groups is 1. The highest BCUT2D eigenvalue weighted by atomic mass is 16.3. The fraction of sp³-hybridized carbons (Fsp3) is 0.438. The highest BCUT2D eigenvalue weighted by molar-refractivity contribution is 5.30. The number of hydrogen-bond acceptors (Lipinski definition) is 3. The van der Waals surface area contributed by atoms with Gasteiger partial charge in [0.15, 0.2) is 0 Å². The normalized spacial score (nSPS) is 11.8. The molecule has 0 saturated carbocycles. The third-order valence-electron chi connectivity index (χ3n) is 3.76. The Balaban J connectivity index is 1.91. The second kappa shape index (κ2) is 6.68. The minimum atomic E-state index is -0.602. The van der Waals surface area contributed by atoms with E-state index in [-0.39, 0.29) is 0 Å². The van der Waals surface area contributed by atoms with Crippen molar-refractivity contribution in [1.82, 2.24) is 15.1 Å². The third kappa shape index (κ3) is 3.68. The average Bonchev–Trinajstić information content (AvgIpc) is 2.97. The molecule has 0 aliphatic rings. The zero-order chi connectivity index (χ0) is 14.4. The molecule has 0 saturated heterocycles. The van der Waals surface area contributed by atoms with Gasteiger partial charge in [-0.2, -0.15) is 5.10 Å². The molecule has 1 heterocycles. The lowest BCUT2D eigenvalue weighted by Crippen LogP contribution is -2.39. The fourth-order valence-electron chi connectivity index (χ4n) is 2.11. The summed E-state index contributed by atoms with van der Waals surface area (Å²) in [5, 5.41) is 17.9. The Labute approximate surface area is 120 Å². The van der Waals surface area contributed by atoms with Crippen molar-refractivity contribution in [1.29, 1.82) is 0 Å². The van der Waals surface area contributed by atoms with E-state index in [9.17, 15) is 5.11 Å². The molecule has 4 nitrogen and oxygen atoms in total. The van der Waals surface area contributed by atoms with E-state index in [1.54, 1.807) is 0 Å². The lowest BCUT2D eigenvalue weighted by molar-refractivity contribution is 0.0323. The maximum atomic E-state index is 10.2. The third-order valence-corrected chi connectivity index (χ3v) is 3.76. The van der Waals surface area contributed by atoms with E-state index in [0.717, 1.165) is 30.6 Å². The van der Waals surface area contributed by atoms with E-state index in [2.05, 4.69) is 10.4 Å². The second-order valence-electron chi connectivity index (χ2n) is 5.16. The molecule has 0 atom stereocenters. The average molecular weight is 273 g/mol. The summed E-state index contributed by atoms with van der Waals surface area (Å²) >= 11 is 0. The van der Waals surface area contributed by atoms with Crippen LogP contribution < -0.4 is 5.32 Å². The molecular formula is C16H23N3O. The molecule has 108 valence electrons. The number of rotatable bonds is 7. The number of nitrogens with zero attached hydrogens (tertiary/aromatic N) is 2. The Kier molecular flexibility index (Phi) is 4.93. The molecule has 0 unspecified atom stereocenters. The molecule has 0 aliphatic heterocycles. The quantitative estimate of drug-likeness (QED) is 0.815. The minimum absolute atomic E-state index is 0.602. The summed E-state index contributed by atoms with van der Waals surface area (Å²) < 4.78 is 1.86. The van der Waals surface area contributed by atoms with Gasteiger partial charge in [-0.1, -0.05) is 32.0 Å². The predicted octanol–water partition coefficient (Wildman–Crippen LogP) is 2.51. The van der Waals surface area contributed by atoms with Gasteiger partial charge in [-0.3, -0.25) is 0 Å². The molecule has 20 heavy (non-hydrogen) atoms. The van der Waals surface area contributed by atoms with Gasteiger partial charge in [0.2, 0.25) is 0 Å². The van der Waals surface area contributed by atoms with Crippen LogP contribution in [0.1, 0.15) is 32.3 Å². The summed E-state index contributed by atoms with van der Waals surface area (Å²) in [7, 11) is 0. The van der Waals surface area contributed by atoms with Crippen LogP contribution in [0.15, 0.2) is 42.7 Å². The first-order valence-electron chi connectivity index (χ1n) is 7.19. The highest BCUT2D eigenvalue weighted by Crippen LogP contribution is 2.13. The van der Waals surface area contributed by atoms with Crippen LogP contribution in [0.25, 0.3) is 5.69 Å². The largest absolute Gasteiger partial charge is 0.389 e. The molecule has 1 aromatic heterocycles. The predicted molar refractivity (Wildman–Crippen MR) is 80.8 cm³/mol. The van der Waals surface area contributed by atoms with E-state index in [4.69, 9.17) is 0 Å². The van der Waals surface area contributed by atoms with Crippen LogP contribution in [0.3, 0.4) is 0 Å². The first kappa shape index (κ1) is 14.8. The SMILES string of the molecule is CCC(O)(CC)CNCc1cnn(-c2ccccc2)c1. The van der Waals surface area contributed by atoms with Gasteiger partial charge in [-0.15, -0.1) is 0 Å². The van der Waals surface area contributed by atoms with E-state index in [0.29, 0.717) is 6.54 Å². The van der Waals surface area contributed by atoms with Crippen molar-refractivity contribution in [3.05, 3.63) is 48.3 Å². The molecule has 0 fully saturated rings. The van der Waals surface area contributed by atoms with Crippen molar-refractivity contribution in [2.75, 3.05) is 6.54 Å². The Hall–Kier alpha value is -1.65. The molecule has 0 spiro atoms. The summed E-state index contributed by atoms with van der Waals surface area (Å²) in [6, 6.07) is 10.0. The van der Waals surface area contributed by atoms with Gasteiger partial charge in [-0.05, 0) is 25.0 Å². The molecule has 0 bridgehead atoms. The Morgan fingerprint density at radius 3 is 2.55 bits per heavy atom. The summed E-state index contributed by atoms with van der Waals surface area (Å²) in [6.07, 6.45) is 5.40. The van der Waals surface area contributed by atoms with Gasteiger partial charge in [-0.25, -0.2) is 4.68 Å². The number of benzene rings is 1. The van der Waals surface area contributed by atoms with Crippen LogP contribution >= 0.6 is 0 Å². The minimum Gasteiger partial charge on any atom is -0.389 e. The van der Waals surface area contributed by atoms with Gasteiger partial charge >= 0.3 is 0 Å². The van der Waals surface area contributed by atoms with Crippen molar-refractivity contribution in [3.8, 4) is 5.69 Å². The topological polar surface area (TPSA) is 50.1 Å². The van der Waals surface area contributed by atoms with Crippen LogP contribution in [0.4, 0.5) is 0 Å². The monoisotopic (exact) mass is 273 g/mol. The van der Waals surface area contributed by atoms with Gasteiger partial charge in [0.25, 0.3) is 0 Å². The second-order valence-corrected chi connectivity index (χ2v) is 5.16. The van der Waals surface area contributed by atoms with Crippen molar-refractivity contribution in [3.63, 3.8) is 0 Å². The molecule has 1 aromatic carbocycles. The Morgan fingerprint density at radius 2 is 1.90 bits per heavy atom. The Bertz CT molecular complexity index is 518.